The number of carbonyl (C=O) groups excluding carboxylic acids is 1. The average Bonchev–Trinajstić information content (AvgIpc) is 2.81. The highest BCUT2D eigenvalue weighted by molar-refractivity contribution is 7.92. The van der Waals surface area contributed by atoms with Gasteiger partial charge in [0.05, 0.1) is 17.6 Å². The van der Waals surface area contributed by atoms with E-state index in [9.17, 15) is 13.2 Å². The number of allylic oxidation sites excluding steroid dienone is 2. The molecule has 2 atom stereocenters. The first-order valence-corrected chi connectivity index (χ1v) is 8.91. The quantitative estimate of drug-likeness (QED) is 0.836. The molecule has 2 aliphatic rings. The van der Waals surface area contributed by atoms with Gasteiger partial charge in [-0.1, -0.05) is 6.08 Å². The number of pyridine rings is 1. The van der Waals surface area contributed by atoms with E-state index in [0.29, 0.717) is 0 Å². The molecule has 9 heteroatoms. The molecular formula is C15H16FN3O4S. The highest BCUT2D eigenvalue weighted by atomic mass is 32.2. The largest absolute Gasteiger partial charge is 0.415 e. The molecule has 1 fully saturated rings. The predicted octanol–water partition coefficient (Wildman–Crippen LogP) is 1.91. The van der Waals surface area contributed by atoms with Crippen LogP contribution in [0.3, 0.4) is 0 Å². The van der Waals surface area contributed by atoms with Gasteiger partial charge in [0.25, 0.3) is 0 Å². The Bertz CT molecular complexity index is 852. The average molecular weight is 353 g/mol. The molecule has 2 unspecified atom stereocenters. The van der Waals surface area contributed by atoms with Crippen molar-refractivity contribution in [3.63, 3.8) is 0 Å². The first-order chi connectivity index (χ1) is 11.2. The van der Waals surface area contributed by atoms with E-state index in [1.165, 1.54) is 48.5 Å². The summed E-state index contributed by atoms with van der Waals surface area (Å²) in [5.41, 5.74) is -1.75. The highest BCUT2D eigenvalue weighted by Crippen LogP contribution is 2.38. The minimum Gasteiger partial charge on any atom is -0.412 e. The SMILES string of the molecule is CCS(=O)(=O)Nc1cncc(C2(F)C=CC3C(=C2)OC(=O)N3C)c1. The van der Waals surface area contributed by atoms with Crippen molar-refractivity contribution in [2.24, 2.45) is 0 Å². The van der Waals surface area contributed by atoms with Crippen molar-refractivity contribution in [2.75, 3.05) is 17.5 Å². The van der Waals surface area contributed by atoms with Crippen LogP contribution in [0.5, 0.6) is 0 Å². The summed E-state index contributed by atoms with van der Waals surface area (Å²) in [6, 6.07) is 0.929. The van der Waals surface area contributed by atoms with Gasteiger partial charge in [-0.05, 0) is 19.1 Å². The third-order valence-corrected chi connectivity index (χ3v) is 5.22. The molecule has 1 amide bonds. The number of carbonyl (C=O) groups is 1. The molecule has 1 aliphatic heterocycles. The zero-order valence-corrected chi connectivity index (χ0v) is 13.9. The Labute approximate surface area is 138 Å². The maximum atomic E-state index is 15.3. The lowest BCUT2D eigenvalue weighted by Crippen LogP contribution is -2.30. The molecule has 0 aromatic carbocycles. The van der Waals surface area contributed by atoms with Gasteiger partial charge in [-0.3, -0.25) is 14.6 Å². The Kier molecular flexibility index (Phi) is 3.83. The number of halogens is 1. The molecule has 0 radical (unpaired) electrons. The van der Waals surface area contributed by atoms with Crippen LogP contribution in [-0.2, 0) is 20.4 Å². The van der Waals surface area contributed by atoms with Crippen LogP contribution >= 0.6 is 0 Å². The van der Waals surface area contributed by atoms with Crippen LogP contribution in [0.15, 0.2) is 42.4 Å². The summed E-state index contributed by atoms with van der Waals surface area (Å²) in [6.45, 7) is 1.50. The predicted molar refractivity (Wildman–Crippen MR) is 85.4 cm³/mol. The van der Waals surface area contributed by atoms with Crippen molar-refractivity contribution in [3.8, 4) is 0 Å². The number of aromatic nitrogens is 1. The van der Waals surface area contributed by atoms with Crippen LogP contribution in [0.4, 0.5) is 14.9 Å². The minimum absolute atomic E-state index is 0.105. The number of nitrogens with one attached hydrogen (secondary N) is 1. The zero-order chi connectivity index (χ0) is 17.5. The number of hydrogen-bond donors (Lipinski definition) is 1. The lowest BCUT2D eigenvalue weighted by Gasteiger charge is -2.25. The van der Waals surface area contributed by atoms with E-state index in [-0.39, 0.29) is 22.8 Å². The van der Waals surface area contributed by atoms with Gasteiger partial charge in [-0.25, -0.2) is 17.6 Å². The van der Waals surface area contributed by atoms with E-state index < -0.39 is 27.8 Å². The fourth-order valence-corrected chi connectivity index (χ4v) is 3.11. The van der Waals surface area contributed by atoms with Gasteiger partial charge in [-0.15, -0.1) is 0 Å². The van der Waals surface area contributed by atoms with Crippen LogP contribution in [-0.4, -0.2) is 43.2 Å². The van der Waals surface area contributed by atoms with Crippen molar-refractivity contribution >= 4 is 21.8 Å². The van der Waals surface area contributed by atoms with Crippen molar-refractivity contribution in [1.82, 2.24) is 9.88 Å². The van der Waals surface area contributed by atoms with Crippen LogP contribution in [0.1, 0.15) is 12.5 Å². The molecular weight excluding hydrogens is 337 g/mol. The molecule has 1 aromatic heterocycles. The molecule has 0 saturated carbocycles. The van der Waals surface area contributed by atoms with Crippen LogP contribution in [0, 0.1) is 0 Å². The number of ether oxygens (including phenoxy) is 1. The highest BCUT2D eigenvalue weighted by Gasteiger charge is 2.41. The standard InChI is InChI=1S/C15H16FN3O4S/c1-3-24(21,22)18-11-6-10(8-17-9-11)15(16)5-4-12-13(7-15)23-14(20)19(12)2/h4-9,12,18H,3H2,1-2H3. The maximum absolute atomic E-state index is 15.3. The monoisotopic (exact) mass is 353 g/mol. The number of anilines is 1. The molecule has 24 heavy (non-hydrogen) atoms. The van der Waals surface area contributed by atoms with Crippen molar-refractivity contribution in [1.29, 1.82) is 0 Å². The summed E-state index contributed by atoms with van der Waals surface area (Å²) in [5, 5.41) is 0. The summed E-state index contributed by atoms with van der Waals surface area (Å²) in [5.74, 6) is 0.0957. The van der Waals surface area contributed by atoms with E-state index in [1.54, 1.807) is 7.05 Å². The Morgan fingerprint density at radius 3 is 2.92 bits per heavy atom. The van der Waals surface area contributed by atoms with Crippen molar-refractivity contribution in [3.05, 3.63) is 48.0 Å². The molecule has 0 spiro atoms. The van der Waals surface area contributed by atoms with Crippen molar-refractivity contribution in [2.45, 2.75) is 18.6 Å². The first-order valence-electron chi connectivity index (χ1n) is 7.26. The Morgan fingerprint density at radius 2 is 2.21 bits per heavy atom. The summed E-state index contributed by atoms with van der Waals surface area (Å²) >= 11 is 0. The fourth-order valence-electron chi connectivity index (χ4n) is 2.50. The maximum Gasteiger partial charge on any atom is 0.415 e. The number of fused-ring (bicyclic) bond motifs is 1. The second-order valence-corrected chi connectivity index (χ2v) is 7.58. The molecule has 1 saturated heterocycles. The van der Waals surface area contributed by atoms with Gasteiger partial charge < -0.3 is 4.74 Å². The Balaban J connectivity index is 1.94. The third-order valence-electron chi connectivity index (χ3n) is 3.91. The number of likely N-dealkylation sites (N-methyl/N-ethyl adjacent to an activating group) is 1. The third kappa shape index (κ3) is 2.86. The number of nitrogens with zero attached hydrogens (tertiary/aromatic N) is 2. The number of hydrogen-bond acceptors (Lipinski definition) is 5. The molecule has 0 bridgehead atoms. The summed E-state index contributed by atoms with van der Waals surface area (Å²) in [7, 11) is -1.93. The lowest BCUT2D eigenvalue weighted by atomic mass is 9.90. The van der Waals surface area contributed by atoms with Crippen LogP contribution in [0.2, 0.25) is 0 Å². The second-order valence-electron chi connectivity index (χ2n) is 5.57. The molecule has 2 heterocycles. The first kappa shape index (κ1) is 16.4. The summed E-state index contributed by atoms with van der Waals surface area (Å²) < 4.78 is 46.0. The molecule has 128 valence electrons. The molecule has 3 rings (SSSR count). The smallest absolute Gasteiger partial charge is 0.412 e. The number of amides is 1. The van der Waals surface area contributed by atoms with E-state index in [1.807, 2.05) is 0 Å². The van der Waals surface area contributed by atoms with Gasteiger partial charge in [0.15, 0.2) is 5.67 Å². The zero-order valence-electron chi connectivity index (χ0n) is 13.1. The van der Waals surface area contributed by atoms with E-state index in [2.05, 4.69) is 9.71 Å². The van der Waals surface area contributed by atoms with Gasteiger partial charge in [0.2, 0.25) is 10.0 Å². The normalized spacial score (nSPS) is 26.0. The van der Waals surface area contributed by atoms with Crippen molar-refractivity contribution < 1.29 is 22.3 Å². The number of alkyl halides is 1. The second kappa shape index (κ2) is 5.59. The molecule has 1 aliphatic carbocycles. The molecule has 7 nitrogen and oxygen atoms in total. The lowest BCUT2D eigenvalue weighted by molar-refractivity contribution is 0.173. The fraction of sp³-hybridized carbons (Fsp3) is 0.333. The topological polar surface area (TPSA) is 88.6 Å². The van der Waals surface area contributed by atoms with Gasteiger partial charge in [0.1, 0.15) is 11.8 Å². The summed E-state index contributed by atoms with van der Waals surface area (Å²) in [4.78, 5) is 16.8. The van der Waals surface area contributed by atoms with E-state index >= 15 is 4.39 Å². The molecule has 1 N–H and O–H groups in total. The number of rotatable bonds is 4. The molecule has 1 aromatic rings. The Morgan fingerprint density at radius 1 is 1.46 bits per heavy atom. The van der Waals surface area contributed by atoms with Gasteiger partial charge >= 0.3 is 6.09 Å². The van der Waals surface area contributed by atoms with E-state index in [0.717, 1.165) is 0 Å². The van der Waals surface area contributed by atoms with Gasteiger partial charge in [0, 0.05) is 24.9 Å². The van der Waals surface area contributed by atoms with Gasteiger partial charge in [-0.2, -0.15) is 0 Å². The number of sulfonamides is 1. The van der Waals surface area contributed by atoms with Crippen LogP contribution < -0.4 is 4.72 Å². The minimum atomic E-state index is -3.49. The summed E-state index contributed by atoms with van der Waals surface area (Å²) in [6.07, 6.45) is 6.08. The van der Waals surface area contributed by atoms with Crippen LogP contribution in [0.25, 0.3) is 0 Å². The van der Waals surface area contributed by atoms with E-state index in [4.69, 9.17) is 4.74 Å². The Hall–Kier alpha value is -2.42.